The highest BCUT2D eigenvalue weighted by Crippen LogP contribution is 2.26. The van der Waals surface area contributed by atoms with Gasteiger partial charge in [0.15, 0.2) is 6.10 Å². The van der Waals surface area contributed by atoms with Gasteiger partial charge in [0.1, 0.15) is 31.3 Å². The number of carbonyl (C=O) groups excluding carboxylic acids is 1. The van der Waals surface area contributed by atoms with Crippen LogP contribution in [0.2, 0.25) is 10.0 Å². The molecule has 1 aliphatic rings. The Labute approximate surface area is 230 Å². The van der Waals surface area contributed by atoms with E-state index < -0.39 is 30.1 Å². The first-order valence-electron chi connectivity index (χ1n) is 11.9. The molecule has 3 aromatic rings. The lowest BCUT2D eigenvalue weighted by Crippen LogP contribution is -2.49. The zero-order valence-electron chi connectivity index (χ0n) is 20.3. The Morgan fingerprint density at radius 2 is 1.63 bits per heavy atom. The number of benzene rings is 3. The summed E-state index contributed by atoms with van der Waals surface area (Å²) in [5.41, 5.74) is 2.37. The van der Waals surface area contributed by atoms with Gasteiger partial charge in [0.2, 0.25) is 0 Å². The summed E-state index contributed by atoms with van der Waals surface area (Å²) in [5, 5.41) is 13.3. The summed E-state index contributed by atoms with van der Waals surface area (Å²) in [4.78, 5) is 24.7. The van der Waals surface area contributed by atoms with E-state index in [2.05, 4.69) is 5.32 Å². The third-order valence-corrected chi connectivity index (χ3v) is 6.65. The normalized spacial score (nSPS) is 17.6. The summed E-state index contributed by atoms with van der Waals surface area (Å²) in [6, 6.07) is 20.6. The molecule has 10 heteroatoms. The number of ether oxygens (including phenoxy) is 4. The van der Waals surface area contributed by atoms with Crippen molar-refractivity contribution in [2.75, 3.05) is 13.4 Å². The van der Waals surface area contributed by atoms with Crippen molar-refractivity contribution in [3.05, 3.63) is 99.5 Å². The molecule has 4 rings (SSSR count). The summed E-state index contributed by atoms with van der Waals surface area (Å²) in [7, 11) is 0. The van der Waals surface area contributed by atoms with E-state index in [4.69, 9.17) is 42.1 Å². The second-order valence-electron chi connectivity index (χ2n) is 8.65. The van der Waals surface area contributed by atoms with E-state index in [9.17, 15) is 14.7 Å². The minimum atomic E-state index is -1.16. The van der Waals surface area contributed by atoms with Crippen LogP contribution >= 0.6 is 23.2 Å². The van der Waals surface area contributed by atoms with Crippen LogP contribution in [0.25, 0.3) is 0 Å². The molecule has 0 radical (unpaired) electrons. The highest BCUT2D eigenvalue weighted by Gasteiger charge is 2.37. The first kappa shape index (κ1) is 27.9. The third-order valence-electron chi connectivity index (χ3n) is 5.94. The van der Waals surface area contributed by atoms with Crippen LogP contribution in [-0.2, 0) is 43.4 Å². The monoisotopic (exact) mass is 559 g/mol. The van der Waals surface area contributed by atoms with E-state index in [1.54, 1.807) is 42.5 Å². The second-order valence-corrected chi connectivity index (χ2v) is 9.46. The van der Waals surface area contributed by atoms with Crippen LogP contribution in [0.4, 0.5) is 0 Å². The van der Waals surface area contributed by atoms with E-state index in [0.29, 0.717) is 33.5 Å². The summed E-state index contributed by atoms with van der Waals surface area (Å²) in [6.07, 6.45) is -1.54. The highest BCUT2D eigenvalue weighted by atomic mass is 35.5. The number of carboxylic acids is 1. The van der Waals surface area contributed by atoms with Crippen molar-refractivity contribution in [2.45, 2.75) is 37.9 Å². The molecule has 1 amide bonds. The van der Waals surface area contributed by atoms with Crippen molar-refractivity contribution in [2.24, 2.45) is 0 Å². The molecule has 8 nitrogen and oxygen atoms in total. The molecule has 2 N–H and O–H groups in total. The van der Waals surface area contributed by atoms with Crippen LogP contribution in [-0.4, -0.2) is 48.6 Å². The van der Waals surface area contributed by atoms with Gasteiger partial charge in [0.25, 0.3) is 5.91 Å². The fourth-order valence-electron chi connectivity index (χ4n) is 3.88. The number of halogens is 2. The van der Waals surface area contributed by atoms with E-state index >= 15 is 0 Å². The first-order chi connectivity index (χ1) is 18.4. The second kappa shape index (κ2) is 13.6. The Morgan fingerprint density at radius 3 is 2.32 bits per heavy atom. The van der Waals surface area contributed by atoms with Gasteiger partial charge in [0, 0.05) is 22.0 Å². The lowest BCUT2D eigenvalue weighted by Gasteiger charge is -2.20. The largest absolute Gasteiger partial charge is 0.489 e. The molecule has 1 heterocycles. The Bertz CT molecular complexity index is 1200. The van der Waals surface area contributed by atoms with Gasteiger partial charge in [-0.05, 0) is 35.4 Å². The number of carboxylic acid groups (broad SMARTS) is 1. The van der Waals surface area contributed by atoms with Gasteiger partial charge in [-0.1, -0.05) is 71.7 Å². The quantitative estimate of drug-likeness (QED) is 0.333. The fourth-order valence-corrected chi connectivity index (χ4v) is 4.39. The number of rotatable bonds is 12. The molecule has 200 valence electrons. The lowest BCUT2D eigenvalue weighted by atomic mass is 10.0. The van der Waals surface area contributed by atoms with Crippen LogP contribution in [0.1, 0.15) is 16.7 Å². The number of nitrogens with one attached hydrogen (secondary N) is 1. The van der Waals surface area contributed by atoms with E-state index in [1.807, 2.05) is 30.3 Å². The minimum absolute atomic E-state index is 0.0699. The maximum Gasteiger partial charge on any atom is 0.326 e. The van der Waals surface area contributed by atoms with Gasteiger partial charge in [0.05, 0.1) is 13.2 Å². The Morgan fingerprint density at radius 1 is 0.921 bits per heavy atom. The van der Waals surface area contributed by atoms with Gasteiger partial charge in [-0.2, -0.15) is 0 Å². The number of hydrogen-bond acceptors (Lipinski definition) is 6. The average molecular weight is 560 g/mol. The molecule has 0 aliphatic carbocycles. The third kappa shape index (κ3) is 7.69. The number of amides is 1. The SMILES string of the molecule is O=C(O)C(Cc1ccc(OCc2c(Cl)cccc2Cl)cc1)NC(=O)[C@@H]1OCO[C@@H]1COCc1ccccc1. The molecule has 38 heavy (non-hydrogen) atoms. The zero-order valence-corrected chi connectivity index (χ0v) is 21.9. The molecule has 1 unspecified atom stereocenters. The standard InChI is InChI=1S/C28H27Cl2NO7/c29-22-7-4-8-23(30)21(22)15-36-20-11-9-18(10-12-20)13-24(28(33)34)31-27(32)26-25(37-17-38-26)16-35-14-19-5-2-1-3-6-19/h1-12,24-26H,13-17H2,(H,31,32)(H,33,34)/t24?,25-,26-/m1/s1. The summed E-state index contributed by atoms with van der Waals surface area (Å²) >= 11 is 12.4. The molecule has 1 aliphatic heterocycles. The summed E-state index contributed by atoms with van der Waals surface area (Å²) in [6.45, 7) is 0.602. The van der Waals surface area contributed by atoms with Crippen LogP contribution in [0.3, 0.4) is 0 Å². The predicted molar refractivity (Wildman–Crippen MR) is 141 cm³/mol. The molecule has 0 aromatic heterocycles. The molecule has 3 aromatic carbocycles. The fraction of sp³-hybridized carbons (Fsp3) is 0.286. The number of hydrogen-bond donors (Lipinski definition) is 2. The van der Waals surface area contributed by atoms with E-state index in [0.717, 1.165) is 5.56 Å². The summed E-state index contributed by atoms with van der Waals surface area (Å²) < 4.78 is 22.3. The van der Waals surface area contributed by atoms with Crippen LogP contribution in [0.15, 0.2) is 72.8 Å². The van der Waals surface area contributed by atoms with Crippen LogP contribution in [0.5, 0.6) is 5.75 Å². The Balaban J connectivity index is 1.29. The van der Waals surface area contributed by atoms with Crippen LogP contribution < -0.4 is 10.1 Å². The van der Waals surface area contributed by atoms with Gasteiger partial charge in [-0.15, -0.1) is 0 Å². The maximum absolute atomic E-state index is 12.8. The highest BCUT2D eigenvalue weighted by molar-refractivity contribution is 6.35. The molecule has 1 saturated heterocycles. The lowest BCUT2D eigenvalue weighted by molar-refractivity contribution is -0.144. The predicted octanol–water partition coefficient (Wildman–Crippen LogP) is 4.64. The molecule has 1 fully saturated rings. The number of carbonyl (C=O) groups is 2. The molecule has 3 atom stereocenters. The van der Waals surface area contributed by atoms with Gasteiger partial charge < -0.3 is 29.4 Å². The van der Waals surface area contributed by atoms with Crippen molar-refractivity contribution in [1.29, 1.82) is 0 Å². The van der Waals surface area contributed by atoms with Crippen LogP contribution in [0, 0.1) is 0 Å². The average Bonchev–Trinajstić information content (AvgIpc) is 3.38. The van der Waals surface area contributed by atoms with E-state index in [-0.39, 0.29) is 26.4 Å². The first-order valence-corrected chi connectivity index (χ1v) is 12.7. The molecular weight excluding hydrogens is 533 g/mol. The smallest absolute Gasteiger partial charge is 0.326 e. The van der Waals surface area contributed by atoms with Crippen molar-refractivity contribution in [3.8, 4) is 5.75 Å². The molecule has 0 saturated carbocycles. The van der Waals surface area contributed by atoms with Crippen molar-refractivity contribution in [3.63, 3.8) is 0 Å². The maximum atomic E-state index is 12.8. The van der Waals surface area contributed by atoms with E-state index in [1.165, 1.54) is 0 Å². The Hall–Kier alpha value is -3.14. The molecule has 0 bridgehead atoms. The van der Waals surface area contributed by atoms with Gasteiger partial charge in [-0.25, -0.2) is 4.79 Å². The van der Waals surface area contributed by atoms with Gasteiger partial charge >= 0.3 is 5.97 Å². The zero-order chi connectivity index (χ0) is 26.9. The molecular formula is C28H27Cl2NO7. The van der Waals surface area contributed by atoms with Crippen molar-refractivity contribution in [1.82, 2.24) is 5.32 Å². The summed E-state index contributed by atoms with van der Waals surface area (Å²) in [5.74, 6) is -1.17. The number of aliphatic carboxylic acids is 1. The van der Waals surface area contributed by atoms with Crippen molar-refractivity contribution >= 4 is 35.1 Å². The Kier molecular flexibility index (Phi) is 9.98. The van der Waals surface area contributed by atoms with Crippen molar-refractivity contribution < 1.29 is 33.6 Å². The minimum Gasteiger partial charge on any atom is -0.489 e. The topological polar surface area (TPSA) is 103 Å². The molecule has 0 spiro atoms. The van der Waals surface area contributed by atoms with Gasteiger partial charge in [-0.3, -0.25) is 4.79 Å².